The van der Waals surface area contributed by atoms with Crippen molar-refractivity contribution in [1.82, 2.24) is 0 Å². The van der Waals surface area contributed by atoms with Gasteiger partial charge in [0.2, 0.25) is 5.82 Å². The second-order valence-corrected chi connectivity index (χ2v) is 6.92. The monoisotopic (exact) mass is 352 g/mol. The van der Waals surface area contributed by atoms with Crippen LogP contribution in [0.1, 0.15) is 16.7 Å². The van der Waals surface area contributed by atoms with Crippen molar-refractivity contribution in [3.63, 3.8) is 0 Å². The maximum Gasteiger partial charge on any atom is 0.305 e. The van der Waals surface area contributed by atoms with Gasteiger partial charge in [0.25, 0.3) is 0 Å². The van der Waals surface area contributed by atoms with Crippen molar-refractivity contribution in [2.45, 2.75) is 23.6 Å². The minimum absolute atomic E-state index is 0.0690. The van der Waals surface area contributed by atoms with Gasteiger partial charge >= 0.3 is 5.69 Å². The zero-order valence-corrected chi connectivity index (χ0v) is 13.7. The number of nitro groups is 1. The third kappa shape index (κ3) is 3.81. The molecule has 0 atom stereocenters. The van der Waals surface area contributed by atoms with Crippen LogP contribution in [0.4, 0.5) is 14.5 Å². The number of halogens is 2. The summed E-state index contributed by atoms with van der Waals surface area (Å²) in [6.45, 7) is 3.35. The van der Waals surface area contributed by atoms with Crippen LogP contribution in [-0.2, 0) is 0 Å². The van der Waals surface area contributed by atoms with Gasteiger partial charge in [-0.2, -0.15) is 9.65 Å². The molecule has 4 nitrogen and oxygen atoms in total. The van der Waals surface area contributed by atoms with E-state index in [1.165, 1.54) is 39.8 Å². The lowest BCUT2D eigenvalue weighted by atomic mass is 10.1. The van der Waals surface area contributed by atoms with E-state index in [1.807, 2.05) is 0 Å². The van der Waals surface area contributed by atoms with Crippen LogP contribution in [0.5, 0.6) is 0 Å². The van der Waals surface area contributed by atoms with Crippen molar-refractivity contribution < 1.29 is 13.7 Å². The van der Waals surface area contributed by atoms with Crippen LogP contribution >= 0.6 is 21.6 Å². The second-order valence-electron chi connectivity index (χ2n) is 4.70. The smallest absolute Gasteiger partial charge is 0.258 e. The van der Waals surface area contributed by atoms with Gasteiger partial charge in [-0.1, -0.05) is 21.6 Å². The van der Waals surface area contributed by atoms with Crippen molar-refractivity contribution in [3.8, 4) is 6.07 Å². The lowest BCUT2D eigenvalue weighted by Crippen LogP contribution is -1.94. The molecule has 0 saturated heterocycles. The molecule has 2 aromatic rings. The predicted octanol–water partition coefficient (Wildman–Crippen LogP) is 5.16. The standard InChI is InChI=1S/C15H10F2N2O2S2/c1-8-3-11(16)10(7-18)5-14(8)22-23-15-6-13(19(20)21)12(17)4-9(15)2/h3-6H,1-2H3. The number of benzene rings is 2. The van der Waals surface area contributed by atoms with Gasteiger partial charge < -0.3 is 0 Å². The molecule has 23 heavy (non-hydrogen) atoms. The number of rotatable bonds is 4. The molecule has 0 spiro atoms. The van der Waals surface area contributed by atoms with E-state index >= 15 is 0 Å². The Kier molecular flexibility index (Phi) is 5.23. The summed E-state index contributed by atoms with van der Waals surface area (Å²) in [4.78, 5) is 11.2. The molecule has 0 aliphatic heterocycles. The summed E-state index contributed by atoms with van der Waals surface area (Å²) < 4.78 is 27.0. The van der Waals surface area contributed by atoms with Crippen LogP contribution in [0.2, 0.25) is 0 Å². The van der Waals surface area contributed by atoms with Gasteiger partial charge in [-0.25, -0.2) is 4.39 Å². The first-order chi connectivity index (χ1) is 10.8. The average molecular weight is 352 g/mol. The van der Waals surface area contributed by atoms with Crippen LogP contribution in [0, 0.1) is 46.9 Å². The topological polar surface area (TPSA) is 66.9 Å². The Balaban J connectivity index is 2.30. The molecular formula is C15H10F2N2O2S2. The fourth-order valence-corrected chi connectivity index (χ4v) is 4.29. The Morgan fingerprint density at radius 3 is 2.09 bits per heavy atom. The first kappa shape index (κ1) is 17.2. The fraction of sp³-hybridized carbons (Fsp3) is 0.133. The number of nitrogens with zero attached hydrogens (tertiary/aromatic N) is 2. The van der Waals surface area contributed by atoms with Crippen molar-refractivity contribution in [3.05, 3.63) is 62.7 Å². The number of nitro benzene ring substituents is 1. The highest BCUT2D eigenvalue weighted by Crippen LogP contribution is 2.42. The summed E-state index contributed by atoms with van der Waals surface area (Å²) in [7, 11) is 2.43. The fourth-order valence-electron chi connectivity index (χ4n) is 1.79. The van der Waals surface area contributed by atoms with Crippen molar-refractivity contribution in [2.24, 2.45) is 0 Å². The quantitative estimate of drug-likeness (QED) is 0.432. The van der Waals surface area contributed by atoms with Gasteiger partial charge in [0.15, 0.2) is 0 Å². The summed E-state index contributed by atoms with van der Waals surface area (Å²) in [5.74, 6) is -1.47. The SMILES string of the molecule is Cc1cc(F)c(C#N)cc1SSc1cc([N+](=O)[O-])c(F)cc1C. The molecule has 8 heteroatoms. The van der Waals surface area contributed by atoms with Crippen LogP contribution in [0.3, 0.4) is 0 Å². The van der Waals surface area contributed by atoms with E-state index in [1.54, 1.807) is 19.9 Å². The molecule has 0 unspecified atom stereocenters. The van der Waals surface area contributed by atoms with Crippen molar-refractivity contribution >= 4 is 27.3 Å². The van der Waals surface area contributed by atoms with E-state index < -0.39 is 22.2 Å². The van der Waals surface area contributed by atoms with Crippen molar-refractivity contribution in [2.75, 3.05) is 0 Å². The summed E-state index contributed by atoms with van der Waals surface area (Å²) in [6.07, 6.45) is 0. The number of hydrogen-bond donors (Lipinski definition) is 0. The first-order valence-electron chi connectivity index (χ1n) is 6.32. The normalized spacial score (nSPS) is 10.4. The summed E-state index contributed by atoms with van der Waals surface area (Å²) >= 11 is 0. The molecule has 0 N–H and O–H groups in total. The van der Waals surface area contributed by atoms with Gasteiger partial charge in [0.05, 0.1) is 10.5 Å². The van der Waals surface area contributed by atoms with Gasteiger partial charge in [-0.05, 0) is 43.2 Å². The molecule has 0 saturated carbocycles. The molecule has 0 aromatic heterocycles. The predicted molar refractivity (Wildman–Crippen MR) is 85.4 cm³/mol. The minimum atomic E-state index is -0.883. The Morgan fingerprint density at radius 2 is 1.57 bits per heavy atom. The maximum absolute atomic E-state index is 13.5. The molecule has 0 bridgehead atoms. The number of nitriles is 1. The molecule has 2 rings (SSSR count). The molecule has 0 heterocycles. The molecule has 2 aromatic carbocycles. The molecule has 0 aliphatic carbocycles. The van der Waals surface area contributed by atoms with Crippen molar-refractivity contribution in [1.29, 1.82) is 5.26 Å². The third-order valence-electron chi connectivity index (χ3n) is 3.05. The molecular weight excluding hydrogens is 342 g/mol. The summed E-state index contributed by atoms with van der Waals surface area (Å²) in [5.41, 5.74) is 0.548. The lowest BCUT2D eigenvalue weighted by Gasteiger charge is -2.08. The summed E-state index contributed by atoms with van der Waals surface area (Å²) in [6, 6.07) is 6.74. The van der Waals surface area contributed by atoms with Crippen LogP contribution in [0.15, 0.2) is 34.1 Å². The number of aryl methyl sites for hydroxylation is 2. The molecule has 118 valence electrons. The van der Waals surface area contributed by atoms with E-state index in [4.69, 9.17) is 5.26 Å². The highest BCUT2D eigenvalue weighted by molar-refractivity contribution is 8.76. The zero-order chi connectivity index (χ0) is 17.1. The molecule has 0 amide bonds. The van der Waals surface area contributed by atoms with Crippen LogP contribution < -0.4 is 0 Å². The number of hydrogen-bond acceptors (Lipinski definition) is 5. The van der Waals surface area contributed by atoms with Crippen LogP contribution in [0.25, 0.3) is 0 Å². The Labute approximate surface area is 139 Å². The van der Waals surface area contributed by atoms with Gasteiger partial charge in [-0.3, -0.25) is 10.1 Å². The first-order valence-corrected chi connectivity index (χ1v) is 8.47. The molecule has 0 radical (unpaired) electrons. The largest absolute Gasteiger partial charge is 0.305 e. The molecule has 0 fully saturated rings. The van der Waals surface area contributed by atoms with Gasteiger partial charge in [-0.15, -0.1) is 0 Å². The Hall–Kier alpha value is -2.11. The molecule has 0 aliphatic rings. The highest BCUT2D eigenvalue weighted by Gasteiger charge is 2.18. The Bertz CT molecular complexity index is 835. The van der Waals surface area contributed by atoms with Crippen LogP contribution in [-0.4, -0.2) is 4.92 Å². The lowest BCUT2D eigenvalue weighted by molar-refractivity contribution is -0.387. The van der Waals surface area contributed by atoms with E-state index in [9.17, 15) is 18.9 Å². The highest BCUT2D eigenvalue weighted by atomic mass is 33.1. The minimum Gasteiger partial charge on any atom is -0.258 e. The second kappa shape index (κ2) is 6.98. The van der Waals surface area contributed by atoms with Gasteiger partial charge in [0, 0.05) is 15.9 Å². The van der Waals surface area contributed by atoms with E-state index in [2.05, 4.69) is 0 Å². The third-order valence-corrected chi connectivity index (χ3v) is 5.70. The maximum atomic E-state index is 13.5. The average Bonchev–Trinajstić information content (AvgIpc) is 2.47. The van der Waals surface area contributed by atoms with Gasteiger partial charge in [0.1, 0.15) is 11.9 Å². The Morgan fingerprint density at radius 1 is 1.04 bits per heavy atom. The summed E-state index contributed by atoms with van der Waals surface area (Å²) in [5, 5.41) is 19.7. The van der Waals surface area contributed by atoms with E-state index in [-0.39, 0.29) is 5.56 Å². The van der Waals surface area contributed by atoms with E-state index in [0.717, 1.165) is 6.07 Å². The van der Waals surface area contributed by atoms with E-state index in [0.29, 0.717) is 20.9 Å². The zero-order valence-electron chi connectivity index (χ0n) is 12.1.